The van der Waals surface area contributed by atoms with E-state index in [2.05, 4.69) is 15.9 Å². The number of halogens is 5. The Labute approximate surface area is 122 Å². The maximum absolute atomic E-state index is 13.3. The lowest BCUT2D eigenvalue weighted by atomic mass is 10.0. The predicted octanol–water partition coefficient (Wildman–Crippen LogP) is 5.71. The Balaban J connectivity index is 2.37. The second kappa shape index (κ2) is 5.55. The molecule has 0 N–H and O–H groups in total. The van der Waals surface area contributed by atoms with Gasteiger partial charge >= 0.3 is 0 Å². The van der Waals surface area contributed by atoms with Gasteiger partial charge in [0.1, 0.15) is 11.6 Å². The molecule has 0 aliphatic rings. The Hall–Kier alpha value is -0.640. The van der Waals surface area contributed by atoms with Crippen molar-refractivity contribution in [1.29, 1.82) is 0 Å². The summed E-state index contributed by atoms with van der Waals surface area (Å²) in [6, 6.07) is 8.79. The van der Waals surface area contributed by atoms with Crippen molar-refractivity contribution in [1.82, 2.24) is 0 Å². The van der Waals surface area contributed by atoms with Crippen LogP contribution in [-0.2, 0) is 0 Å². The fourth-order valence-electron chi connectivity index (χ4n) is 1.53. The lowest BCUT2D eigenvalue weighted by Crippen LogP contribution is -1.95. The molecule has 0 fully saturated rings. The molecule has 0 bridgehead atoms. The molecule has 1 unspecified atom stereocenters. The van der Waals surface area contributed by atoms with Crippen LogP contribution in [0.2, 0.25) is 5.02 Å². The van der Waals surface area contributed by atoms with Crippen LogP contribution in [0.15, 0.2) is 40.9 Å². The summed E-state index contributed by atoms with van der Waals surface area (Å²) < 4.78 is 26.8. The molecule has 0 aliphatic heterocycles. The van der Waals surface area contributed by atoms with Crippen molar-refractivity contribution < 1.29 is 8.78 Å². The lowest BCUT2D eigenvalue weighted by Gasteiger charge is -2.11. The highest BCUT2D eigenvalue weighted by Gasteiger charge is 2.14. The molecule has 0 nitrogen and oxygen atoms in total. The molecule has 0 radical (unpaired) electrons. The number of alkyl halides is 1. The molecule has 0 heterocycles. The summed E-state index contributed by atoms with van der Waals surface area (Å²) in [6.45, 7) is 0. The Morgan fingerprint density at radius 2 is 1.56 bits per heavy atom. The topological polar surface area (TPSA) is 0 Å². The zero-order valence-electron chi connectivity index (χ0n) is 8.93. The number of hydrogen-bond donors (Lipinski definition) is 0. The number of hydrogen-bond acceptors (Lipinski definition) is 0. The largest absolute Gasteiger partial charge is 0.206 e. The highest BCUT2D eigenvalue weighted by molar-refractivity contribution is 9.10. The van der Waals surface area contributed by atoms with E-state index in [0.717, 1.165) is 0 Å². The van der Waals surface area contributed by atoms with E-state index in [1.807, 2.05) is 0 Å². The Morgan fingerprint density at radius 3 is 2.17 bits per heavy atom. The summed E-state index contributed by atoms with van der Waals surface area (Å²) >= 11 is 14.9. The molecule has 94 valence electrons. The van der Waals surface area contributed by atoms with E-state index >= 15 is 0 Å². The highest BCUT2D eigenvalue weighted by atomic mass is 79.9. The third kappa shape index (κ3) is 2.85. The lowest BCUT2D eigenvalue weighted by molar-refractivity contribution is 0.619. The van der Waals surface area contributed by atoms with Crippen LogP contribution in [0.25, 0.3) is 0 Å². The molecule has 0 aromatic heterocycles. The van der Waals surface area contributed by atoms with E-state index in [-0.39, 0.29) is 10.8 Å². The summed E-state index contributed by atoms with van der Waals surface area (Å²) in [7, 11) is 0. The average molecular weight is 352 g/mol. The second-order valence-electron chi connectivity index (χ2n) is 3.71. The predicted molar refractivity (Wildman–Crippen MR) is 73.2 cm³/mol. The van der Waals surface area contributed by atoms with E-state index in [9.17, 15) is 8.78 Å². The van der Waals surface area contributed by atoms with Crippen LogP contribution in [0, 0.1) is 11.6 Å². The molecule has 0 saturated heterocycles. The smallest absolute Gasteiger partial charge is 0.142 e. The van der Waals surface area contributed by atoms with E-state index in [1.165, 1.54) is 18.2 Å². The molecule has 5 heteroatoms. The fourth-order valence-corrected chi connectivity index (χ4v) is 2.32. The first-order valence-corrected chi connectivity index (χ1v) is 6.63. The van der Waals surface area contributed by atoms with Crippen molar-refractivity contribution in [3.8, 4) is 0 Å². The first-order chi connectivity index (χ1) is 8.49. The van der Waals surface area contributed by atoms with Gasteiger partial charge in [-0.2, -0.15) is 0 Å². The first kappa shape index (κ1) is 13.8. The number of rotatable bonds is 2. The minimum atomic E-state index is -0.561. The SMILES string of the molecule is Fc1cc(C(Cl)c2ccc(F)c(Br)c2)ccc1Cl. The quantitative estimate of drug-likeness (QED) is 0.608. The van der Waals surface area contributed by atoms with Crippen LogP contribution in [0.3, 0.4) is 0 Å². The van der Waals surface area contributed by atoms with Gasteiger partial charge in [0.2, 0.25) is 0 Å². The van der Waals surface area contributed by atoms with E-state index in [0.29, 0.717) is 15.6 Å². The van der Waals surface area contributed by atoms with Gasteiger partial charge in [0.15, 0.2) is 0 Å². The minimum Gasteiger partial charge on any atom is -0.206 e. The molecule has 2 aromatic carbocycles. The maximum Gasteiger partial charge on any atom is 0.142 e. The molecular weight excluding hydrogens is 345 g/mol. The third-order valence-corrected chi connectivity index (χ3v) is 3.89. The fraction of sp³-hybridized carbons (Fsp3) is 0.0769. The summed E-state index contributed by atoms with van der Waals surface area (Å²) in [5, 5.41) is -0.517. The zero-order valence-corrected chi connectivity index (χ0v) is 12.0. The van der Waals surface area contributed by atoms with Crippen LogP contribution in [0.1, 0.15) is 16.5 Å². The monoisotopic (exact) mass is 350 g/mol. The van der Waals surface area contributed by atoms with E-state index in [4.69, 9.17) is 23.2 Å². The van der Waals surface area contributed by atoms with Gasteiger partial charge in [-0.1, -0.05) is 23.7 Å². The van der Waals surface area contributed by atoms with Crippen molar-refractivity contribution in [2.75, 3.05) is 0 Å². The summed E-state index contributed by atoms with van der Waals surface area (Å²) in [5.41, 5.74) is 1.24. The van der Waals surface area contributed by atoms with Crippen LogP contribution >= 0.6 is 39.1 Å². The van der Waals surface area contributed by atoms with Crippen LogP contribution in [0.5, 0.6) is 0 Å². The standard InChI is InChI=1S/C13H7BrCl2F2/c14-9-5-7(2-4-11(9)17)13(16)8-1-3-10(15)12(18)6-8/h1-6,13H. The molecule has 1 atom stereocenters. The van der Waals surface area contributed by atoms with Gasteiger partial charge in [0, 0.05) is 0 Å². The zero-order chi connectivity index (χ0) is 13.3. The van der Waals surface area contributed by atoms with Gasteiger partial charge < -0.3 is 0 Å². The summed E-state index contributed by atoms with van der Waals surface area (Å²) in [4.78, 5) is 0. The second-order valence-corrected chi connectivity index (χ2v) is 5.41. The molecule has 0 saturated carbocycles. The normalized spacial score (nSPS) is 12.5. The molecule has 18 heavy (non-hydrogen) atoms. The molecule has 2 rings (SSSR count). The van der Waals surface area contributed by atoms with Crippen LogP contribution in [-0.4, -0.2) is 0 Å². The molecular formula is C13H7BrCl2F2. The van der Waals surface area contributed by atoms with Gasteiger partial charge in [0.25, 0.3) is 0 Å². The van der Waals surface area contributed by atoms with Crippen molar-refractivity contribution >= 4 is 39.1 Å². The van der Waals surface area contributed by atoms with Crippen molar-refractivity contribution in [2.45, 2.75) is 5.38 Å². The van der Waals surface area contributed by atoms with Crippen molar-refractivity contribution in [3.05, 3.63) is 68.7 Å². The van der Waals surface area contributed by atoms with Gasteiger partial charge in [-0.25, -0.2) is 8.78 Å². The Morgan fingerprint density at radius 1 is 0.944 bits per heavy atom. The Kier molecular flexibility index (Phi) is 4.25. The average Bonchev–Trinajstić information content (AvgIpc) is 2.35. The minimum absolute atomic E-state index is 0.0444. The first-order valence-electron chi connectivity index (χ1n) is 5.03. The summed E-state index contributed by atoms with van der Waals surface area (Å²) in [6.07, 6.45) is 0. The van der Waals surface area contributed by atoms with E-state index in [1.54, 1.807) is 18.2 Å². The molecule has 0 spiro atoms. The van der Waals surface area contributed by atoms with Gasteiger partial charge in [-0.3, -0.25) is 0 Å². The van der Waals surface area contributed by atoms with E-state index < -0.39 is 11.2 Å². The maximum atomic E-state index is 13.3. The summed E-state index contributed by atoms with van der Waals surface area (Å²) in [5.74, 6) is -0.897. The number of benzene rings is 2. The molecule has 2 aromatic rings. The molecule has 0 amide bonds. The van der Waals surface area contributed by atoms with Crippen LogP contribution in [0.4, 0.5) is 8.78 Å². The van der Waals surface area contributed by atoms with Gasteiger partial charge in [-0.15, -0.1) is 11.6 Å². The van der Waals surface area contributed by atoms with Gasteiger partial charge in [0.05, 0.1) is 14.9 Å². The van der Waals surface area contributed by atoms with Crippen LogP contribution < -0.4 is 0 Å². The third-order valence-electron chi connectivity index (χ3n) is 2.47. The van der Waals surface area contributed by atoms with Crippen molar-refractivity contribution in [3.63, 3.8) is 0 Å². The Bertz CT molecular complexity index is 536. The highest BCUT2D eigenvalue weighted by Crippen LogP contribution is 2.32. The van der Waals surface area contributed by atoms with Crippen molar-refractivity contribution in [2.24, 2.45) is 0 Å². The van der Waals surface area contributed by atoms with Gasteiger partial charge in [-0.05, 0) is 51.3 Å². The molecule has 0 aliphatic carbocycles.